The van der Waals surface area contributed by atoms with Crippen LogP contribution in [0.3, 0.4) is 0 Å². The molecule has 0 bridgehead atoms. The SMILES string of the molecule is C[C@H](C(=O)Nc1ccccc1C(F)(F)F)N1CCN(c2ccc(F)cc2)CC1. The summed E-state index contributed by atoms with van der Waals surface area (Å²) in [6, 6.07) is 10.6. The van der Waals surface area contributed by atoms with Gasteiger partial charge >= 0.3 is 6.18 Å². The third-order valence-corrected chi connectivity index (χ3v) is 4.92. The third kappa shape index (κ3) is 4.62. The maximum absolute atomic E-state index is 13.1. The lowest BCUT2D eigenvalue weighted by molar-refractivity contribution is -0.137. The van der Waals surface area contributed by atoms with Gasteiger partial charge in [-0.25, -0.2) is 4.39 Å². The lowest BCUT2D eigenvalue weighted by Gasteiger charge is -2.38. The van der Waals surface area contributed by atoms with E-state index in [0.29, 0.717) is 26.2 Å². The van der Waals surface area contributed by atoms with Crippen LogP contribution in [0.5, 0.6) is 0 Å². The molecule has 1 amide bonds. The fourth-order valence-electron chi connectivity index (χ4n) is 3.26. The molecule has 1 N–H and O–H groups in total. The Morgan fingerprint density at radius 2 is 1.61 bits per heavy atom. The molecule has 4 nitrogen and oxygen atoms in total. The molecule has 2 aromatic rings. The van der Waals surface area contributed by atoms with E-state index in [1.165, 1.54) is 30.3 Å². The van der Waals surface area contributed by atoms with Gasteiger partial charge in [-0.1, -0.05) is 12.1 Å². The number of carbonyl (C=O) groups is 1. The van der Waals surface area contributed by atoms with Crippen LogP contribution in [0, 0.1) is 5.82 Å². The van der Waals surface area contributed by atoms with Crippen LogP contribution in [0.15, 0.2) is 48.5 Å². The van der Waals surface area contributed by atoms with Gasteiger partial charge in [0.1, 0.15) is 5.82 Å². The number of hydrogen-bond acceptors (Lipinski definition) is 3. The maximum Gasteiger partial charge on any atom is 0.418 e. The summed E-state index contributed by atoms with van der Waals surface area (Å²) >= 11 is 0. The van der Waals surface area contributed by atoms with E-state index in [9.17, 15) is 22.4 Å². The minimum Gasteiger partial charge on any atom is -0.369 e. The van der Waals surface area contributed by atoms with Crippen molar-refractivity contribution >= 4 is 17.3 Å². The number of anilines is 2. The highest BCUT2D eigenvalue weighted by Crippen LogP contribution is 2.34. The Morgan fingerprint density at radius 1 is 1.00 bits per heavy atom. The molecule has 1 fully saturated rings. The summed E-state index contributed by atoms with van der Waals surface area (Å²) in [5, 5.41) is 2.41. The number of nitrogens with zero attached hydrogens (tertiary/aromatic N) is 2. The van der Waals surface area contributed by atoms with E-state index in [1.807, 2.05) is 4.90 Å². The smallest absolute Gasteiger partial charge is 0.369 e. The van der Waals surface area contributed by atoms with Crippen molar-refractivity contribution in [1.82, 2.24) is 4.90 Å². The number of alkyl halides is 3. The zero-order chi connectivity index (χ0) is 20.3. The van der Waals surface area contributed by atoms with Gasteiger partial charge in [0.25, 0.3) is 0 Å². The van der Waals surface area contributed by atoms with E-state index in [4.69, 9.17) is 0 Å². The van der Waals surface area contributed by atoms with Gasteiger partial charge in [0, 0.05) is 31.9 Å². The van der Waals surface area contributed by atoms with Gasteiger partial charge in [-0.3, -0.25) is 9.69 Å². The number of halogens is 4. The highest BCUT2D eigenvalue weighted by atomic mass is 19.4. The fraction of sp³-hybridized carbons (Fsp3) is 0.350. The average molecular weight is 395 g/mol. The van der Waals surface area contributed by atoms with E-state index in [-0.39, 0.29) is 11.5 Å². The molecule has 0 saturated carbocycles. The number of benzene rings is 2. The summed E-state index contributed by atoms with van der Waals surface area (Å²) in [5.74, 6) is -0.779. The molecule has 1 heterocycles. The number of rotatable bonds is 4. The molecule has 28 heavy (non-hydrogen) atoms. The third-order valence-electron chi connectivity index (χ3n) is 4.92. The molecule has 1 aliphatic rings. The molecular weight excluding hydrogens is 374 g/mol. The van der Waals surface area contributed by atoms with E-state index >= 15 is 0 Å². The summed E-state index contributed by atoms with van der Waals surface area (Å²) in [7, 11) is 0. The molecule has 0 radical (unpaired) electrons. The fourth-order valence-corrected chi connectivity index (χ4v) is 3.26. The van der Waals surface area contributed by atoms with Crippen LogP contribution < -0.4 is 10.2 Å². The minimum absolute atomic E-state index is 0.239. The Kier molecular flexibility index (Phi) is 5.88. The van der Waals surface area contributed by atoms with Crippen LogP contribution in [-0.4, -0.2) is 43.0 Å². The molecule has 1 saturated heterocycles. The number of para-hydroxylation sites is 1. The summed E-state index contributed by atoms with van der Waals surface area (Å²) in [5.41, 5.74) is -0.203. The van der Waals surface area contributed by atoms with Crippen LogP contribution in [0.4, 0.5) is 28.9 Å². The topological polar surface area (TPSA) is 35.6 Å². The van der Waals surface area contributed by atoms with Gasteiger partial charge in [0.05, 0.1) is 17.3 Å². The first-order chi connectivity index (χ1) is 13.3. The number of carbonyl (C=O) groups excluding carboxylic acids is 1. The first-order valence-corrected chi connectivity index (χ1v) is 8.97. The van der Waals surface area contributed by atoms with Crippen LogP contribution in [0.2, 0.25) is 0 Å². The number of nitrogens with one attached hydrogen (secondary N) is 1. The second-order valence-corrected chi connectivity index (χ2v) is 6.71. The summed E-state index contributed by atoms with van der Waals surface area (Å²) in [6.07, 6.45) is -4.53. The molecule has 0 spiro atoms. The highest BCUT2D eigenvalue weighted by Gasteiger charge is 2.34. The summed E-state index contributed by atoms with van der Waals surface area (Å²) in [4.78, 5) is 16.5. The Morgan fingerprint density at radius 3 is 2.21 bits per heavy atom. The molecule has 3 rings (SSSR count). The summed E-state index contributed by atoms with van der Waals surface area (Å²) < 4.78 is 52.3. The largest absolute Gasteiger partial charge is 0.418 e. The Bertz CT molecular complexity index is 815. The lowest BCUT2D eigenvalue weighted by Crippen LogP contribution is -2.52. The molecular formula is C20H21F4N3O. The molecule has 150 valence electrons. The van der Waals surface area contributed by atoms with Gasteiger partial charge in [-0.2, -0.15) is 13.2 Å². The predicted molar refractivity (Wildman–Crippen MR) is 99.7 cm³/mol. The van der Waals surface area contributed by atoms with Crippen molar-refractivity contribution < 1.29 is 22.4 Å². The first-order valence-electron chi connectivity index (χ1n) is 8.97. The number of hydrogen-bond donors (Lipinski definition) is 1. The Balaban J connectivity index is 1.60. The molecule has 8 heteroatoms. The quantitative estimate of drug-likeness (QED) is 0.795. The number of piperazine rings is 1. The van der Waals surface area contributed by atoms with Crippen molar-refractivity contribution in [3.63, 3.8) is 0 Å². The van der Waals surface area contributed by atoms with Crippen LogP contribution in [0.1, 0.15) is 12.5 Å². The number of amides is 1. The summed E-state index contributed by atoms with van der Waals surface area (Å²) in [6.45, 7) is 4.11. The Labute approximate surface area is 160 Å². The second kappa shape index (κ2) is 8.18. The van der Waals surface area contributed by atoms with Crippen molar-refractivity contribution in [2.45, 2.75) is 19.1 Å². The minimum atomic E-state index is -4.53. The van der Waals surface area contributed by atoms with Crippen molar-refractivity contribution in [2.75, 3.05) is 36.4 Å². The van der Waals surface area contributed by atoms with E-state index in [2.05, 4.69) is 10.2 Å². The van der Waals surface area contributed by atoms with Crippen LogP contribution in [-0.2, 0) is 11.0 Å². The zero-order valence-corrected chi connectivity index (χ0v) is 15.3. The van der Waals surface area contributed by atoms with Gasteiger partial charge in [-0.05, 0) is 43.3 Å². The van der Waals surface area contributed by atoms with Gasteiger partial charge < -0.3 is 10.2 Å². The highest BCUT2D eigenvalue weighted by molar-refractivity contribution is 5.95. The van der Waals surface area contributed by atoms with Gasteiger partial charge in [0.2, 0.25) is 5.91 Å². The van der Waals surface area contributed by atoms with E-state index in [0.717, 1.165) is 11.8 Å². The Hall–Kier alpha value is -2.61. The average Bonchev–Trinajstić information content (AvgIpc) is 2.68. The van der Waals surface area contributed by atoms with Crippen molar-refractivity contribution in [2.24, 2.45) is 0 Å². The van der Waals surface area contributed by atoms with Gasteiger partial charge in [0.15, 0.2) is 0 Å². The van der Waals surface area contributed by atoms with E-state index < -0.39 is 23.7 Å². The predicted octanol–water partition coefficient (Wildman–Crippen LogP) is 3.99. The second-order valence-electron chi connectivity index (χ2n) is 6.71. The van der Waals surface area contributed by atoms with Crippen molar-refractivity contribution in [3.05, 3.63) is 59.9 Å². The lowest BCUT2D eigenvalue weighted by atomic mass is 10.1. The molecule has 1 atom stereocenters. The van der Waals surface area contributed by atoms with Crippen LogP contribution >= 0.6 is 0 Å². The monoisotopic (exact) mass is 395 g/mol. The molecule has 0 aliphatic carbocycles. The van der Waals surface area contributed by atoms with Crippen molar-refractivity contribution in [1.29, 1.82) is 0 Å². The first kappa shape index (κ1) is 20.1. The normalized spacial score (nSPS) is 16.7. The molecule has 0 unspecified atom stereocenters. The molecule has 1 aliphatic heterocycles. The molecule has 2 aromatic carbocycles. The van der Waals surface area contributed by atoms with Crippen molar-refractivity contribution in [3.8, 4) is 0 Å². The zero-order valence-electron chi connectivity index (χ0n) is 15.3. The van der Waals surface area contributed by atoms with E-state index in [1.54, 1.807) is 19.1 Å². The van der Waals surface area contributed by atoms with Crippen LogP contribution in [0.25, 0.3) is 0 Å². The standard InChI is InChI=1S/C20H21F4N3O/c1-14(19(28)25-18-5-3-2-4-17(18)20(22,23)24)26-10-12-27(13-11-26)16-8-6-15(21)7-9-16/h2-9,14H,10-13H2,1H3,(H,25,28)/t14-/m1/s1. The maximum atomic E-state index is 13.1. The van der Waals surface area contributed by atoms with Gasteiger partial charge in [-0.15, -0.1) is 0 Å². The molecule has 0 aromatic heterocycles.